The molecule has 0 saturated carbocycles. The molecule has 150 valence electrons. The molecule has 4 rings (SSSR count). The van der Waals surface area contributed by atoms with Crippen LogP contribution in [0.5, 0.6) is 5.75 Å². The summed E-state index contributed by atoms with van der Waals surface area (Å²) >= 11 is 1.59. The topological polar surface area (TPSA) is 33.4 Å². The van der Waals surface area contributed by atoms with Crippen molar-refractivity contribution in [2.75, 3.05) is 24.3 Å². The zero-order valence-corrected chi connectivity index (χ0v) is 17.8. The molecule has 0 fully saturated rings. The maximum atomic E-state index is 12.7. The fourth-order valence-corrected chi connectivity index (χ4v) is 4.76. The molecule has 2 aromatic carbocycles. The summed E-state index contributed by atoms with van der Waals surface area (Å²) in [6, 6.07) is 18.5. The fraction of sp³-hybridized carbons (Fsp3) is 0.333. The van der Waals surface area contributed by atoms with E-state index in [9.17, 15) is 4.79 Å². The lowest BCUT2D eigenvalue weighted by Gasteiger charge is -2.22. The molecule has 0 aliphatic carbocycles. The largest absolute Gasteiger partial charge is 0.480 e. The molecule has 1 unspecified atom stereocenters. The van der Waals surface area contributed by atoms with Crippen molar-refractivity contribution in [3.63, 3.8) is 0 Å². The van der Waals surface area contributed by atoms with Crippen LogP contribution in [0.4, 0.5) is 5.69 Å². The summed E-state index contributed by atoms with van der Waals surface area (Å²) in [6.45, 7) is 2.95. The maximum absolute atomic E-state index is 12.7. The molecule has 4 nitrogen and oxygen atoms in total. The Kier molecular flexibility index (Phi) is 6.05. The Labute approximate surface area is 176 Å². The SMILES string of the molecule is CCCCC1COc2cccc3c(SCC(=O)N(C)c4ccccc4)cc[n+]1c23. The molecule has 1 aliphatic heterocycles. The third kappa shape index (κ3) is 4.10. The molecule has 29 heavy (non-hydrogen) atoms. The Morgan fingerprint density at radius 2 is 2.00 bits per heavy atom. The highest BCUT2D eigenvalue weighted by Gasteiger charge is 2.30. The lowest BCUT2D eigenvalue weighted by molar-refractivity contribution is -0.704. The number of ether oxygens (including phenoxy) is 1. The van der Waals surface area contributed by atoms with Gasteiger partial charge in [-0.2, -0.15) is 4.57 Å². The van der Waals surface area contributed by atoms with E-state index in [4.69, 9.17) is 4.74 Å². The van der Waals surface area contributed by atoms with Crippen molar-refractivity contribution in [1.82, 2.24) is 0 Å². The molecule has 0 spiro atoms. The highest BCUT2D eigenvalue weighted by atomic mass is 32.2. The number of benzene rings is 2. The molecule has 1 aliphatic rings. The maximum Gasteiger partial charge on any atom is 0.256 e. The van der Waals surface area contributed by atoms with Gasteiger partial charge < -0.3 is 9.64 Å². The van der Waals surface area contributed by atoms with Gasteiger partial charge in [0.15, 0.2) is 24.6 Å². The Balaban J connectivity index is 1.56. The van der Waals surface area contributed by atoms with Crippen LogP contribution in [-0.4, -0.2) is 25.3 Å². The van der Waals surface area contributed by atoms with E-state index in [1.54, 1.807) is 16.7 Å². The van der Waals surface area contributed by atoms with Gasteiger partial charge in [-0.1, -0.05) is 37.6 Å². The first-order valence-electron chi connectivity index (χ1n) is 10.2. The smallest absolute Gasteiger partial charge is 0.256 e. The van der Waals surface area contributed by atoms with Crippen LogP contribution >= 0.6 is 11.8 Å². The summed E-state index contributed by atoms with van der Waals surface area (Å²) in [6.07, 6.45) is 5.67. The van der Waals surface area contributed by atoms with E-state index < -0.39 is 0 Å². The van der Waals surface area contributed by atoms with Gasteiger partial charge in [0.25, 0.3) is 5.52 Å². The number of unbranched alkanes of at least 4 members (excludes halogenated alkanes) is 1. The van der Waals surface area contributed by atoms with Crippen molar-refractivity contribution in [3.05, 3.63) is 60.8 Å². The fourth-order valence-electron chi connectivity index (χ4n) is 3.81. The van der Waals surface area contributed by atoms with E-state index in [1.807, 2.05) is 49.5 Å². The summed E-state index contributed by atoms with van der Waals surface area (Å²) in [5.74, 6) is 1.42. The molecule has 1 amide bonds. The van der Waals surface area contributed by atoms with Gasteiger partial charge in [-0.3, -0.25) is 4.79 Å². The van der Waals surface area contributed by atoms with Gasteiger partial charge in [0.2, 0.25) is 5.91 Å². The minimum Gasteiger partial charge on any atom is -0.480 e. The Morgan fingerprint density at radius 1 is 1.17 bits per heavy atom. The minimum atomic E-state index is 0.0893. The van der Waals surface area contributed by atoms with Gasteiger partial charge >= 0.3 is 0 Å². The van der Waals surface area contributed by atoms with Crippen molar-refractivity contribution in [3.8, 4) is 5.75 Å². The molecule has 0 saturated heterocycles. The third-order valence-corrected chi connectivity index (χ3v) is 6.55. The average Bonchev–Trinajstić information content (AvgIpc) is 2.78. The molecule has 0 radical (unpaired) electrons. The van der Waals surface area contributed by atoms with Crippen molar-refractivity contribution in [2.45, 2.75) is 37.1 Å². The van der Waals surface area contributed by atoms with Gasteiger partial charge in [0, 0.05) is 30.1 Å². The number of hydrogen-bond acceptors (Lipinski definition) is 3. The van der Waals surface area contributed by atoms with Crippen molar-refractivity contribution in [1.29, 1.82) is 0 Å². The lowest BCUT2D eigenvalue weighted by atomic mass is 10.1. The number of carbonyl (C=O) groups is 1. The molecule has 0 bridgehead atoms. The monoisotopic (exact) mass is 407 g/mol. The number of nitrogens with zero attached hydrogens (tertiary/aromatic N) is 2. The van der Waals surface area contributed by atoms with E-state index in [0.29, 0.717) is 11.8 Å². The van der Waals surface area contributed by atoms with E-state index in [-0.39, 0.29) is 5.91 Å². The van der Waals surface area contributed by atoms with Crippen molar-refractivity contribution >= 4 is 34.3 Å². The van der Waals surface area contributed by atoms with Crippen molar-refractivity contribution < 1.29 is 14.1 Å². The summed E-state index contributed by atoms with van der Waals surface area (Å²) in [5, 5.41) is 1.16. The number of amides is 1. The molecule has 1 aromatic heterocycles. The second-order valence-electron chi connectivity index (χ2n) is 7.42. The van der Waals surface area contributed by atoms with Gasteiger partial charge in [-0.05, 0) is 30.7 Å². The molecular weight excluding hydrogens is 380 g/mol. The first kappa shape index (κ1) is 19.8. The summed E-state index contributed by atoms with van der Waals surface area (Å²) in [5.41, 5.74) is 2.06. The highest BCUT2D eigenvalue weighted by Crippen LogP contribution is 2.34. The van der Waals surface area contributed by atoms with Crippen LogP contribution in [0.3, 0.4) is 0 Å². The minimum absolute atomic E-state index is 0.0893. The van der Waals surface area contributed by atoms with Crippen LogP contribution in [0.2, 0.25) is 0 Å². The first-order valence-corrected chi connectivity index (χ1v) is 11.2. The van der Waals surface area contributed by atoms with Gasteiger partial charge in [0.1, 0.15) is 0 Å². The number of hydrogen-bond donors (Lipinski definition) is 0. The Morgan fingerprint density at radius 3 is 2.79 bits per heavy atom. The van der Waals surface area contributed by atoms with Gasteiger partial charge in [-0.25, -0.2) is 0 Å². The second-order valence-corrected chi connectivity index (χ2v) is 8.44. The van der Waals surface area contributed by atoms with E-state index in [0.717, 1.165) is 40.3 Å². The van der Waals surface area contributed by atoms with Crippen molar-refractivity contribution in [2.24, 2.45) is 0 Å². The number of rotatable bonds is 7. The number of carbonyl (C=O) groups excluding carboxylic acids is 1. The van der Waals surface area contributed by atoms with Crippen LogP contribution in [0.15, 0.2) is 65.7 Å². The van der Waals surface area contributed by atoms with E-state index in [2.05, 4.69) is 29.8 Å². The van der Waals surface area contributed by atoms with Crippen LogP contribution in [0, 0.1) is 0 Å². The lowest BCUT2D eigenvalue weighted by Crippen LogP contribution is -2.46. The molecule has 1 atom stereocenters. The predicted octanol–water partition coefficient (Wildman–Crippen LogP) is 5.01. The summed E-state index contributed by atoms with van der Waals surface area (Å²) < 4.78 is 8.44. The molecular formula is C24H27N2O2S+. The second kappa shape index (κ2) is 8.87. The summed E-state index contributed by atoms with van der Waals surface area (Å²) in [4.78, 5) is 15.5. The van der Waals surface area contributed by atoms with Crippen LogP contribution in [0.1, 0.15) is 32.2 Å². The van der Waals surface area contributed by atoms with Gasteiger partial charge in [-0.15, -0.1) is 11.8 Å². The first-order chi connectivity index (χ1) is 14.2. The zero-order chi connectivity index (χ0) is 20.2. The standard InChI is InChI=1S/C24H27N2O2S/c1-3-4-9-19-16-28-21-13-8-12-20-22(14-15-26(19)24(20)21)29-17-23(27)25(2)18-10-6-5-7-11-18/h5-8,10-15,19H,3-4,9,16-17H2,1-2H3/q+1. The highest BCUT2D eigenvalue weighted by molar-refractivity contribution is 8.00. The van der Waals surface area contributed by atoms with E-state index in [1.165, 1.54) is 12.8 Å². The number of aromatic nitrogens is 1. The van der Waals surface area contributed by atoms with Crippen LogP contribution in [-0.2, 0) is 4.79 Å². The quantitative estimate of drug-likeness (QED) is 0.408. The molecule has 5 heteroatoms. The third-order valence-electron chi connectivity index (χ3n) is 5.49. The summed E-state index contributed by atoms with van der Waals surface area (Å²) in [7, 11) is 1.83. The van der Waals surface area contributed by atoms with Crippen LogP contribution in [0.25, 0.3) is 10.9 Å². The molecule has 2 heterocycles. The predicted molar refractivity (Wildman–Crippen MR) is 119 cm³/mol. The number of pyridine rings is 1. The molecule has 3 aromatic rings. The normalized spacial score (nSPS) is 15.2. The molecule has 0 N–H and O–H groups in total. The Hall–Kier alpha value is -2.53. The number of anilines is 1. The Bertz CT molecular complexity index is 1010. The van der Waals surface area contributed by atoms with Gasteiger partial charge in [0.05, 0.1) is 11.1 Å². The number of thioether (sulfide) groups is 1. The van der Waals surface area contributed by atoms with Crippen LogP contribution < -0.4 is 14.2 Å². The average molecular weight is 408 g/mol. The zero-order valence-electron chi connectivity index (χ0n) is 17.0. The van der Waals surface area contributed by atoms with E-state index >= 15 is 0 Å². The number of para-hydroxylation sites is 2.